The first kappa shape index (κ1) is 15.6. The van der Waals surface area contributed by atoms with Gasteiger partial charge in [-0.05, 0) is 42.5 Å². The molecule has 0 aliphatic carbocycles. The largest absolute Gasteiger partial charge is 0.508 e. The van der Waals surface area contributed by atoms with E-state index in [1.807, 2.05) is 0 Å². The molecule has 3 aromatic heterocycles. The highest BCUT2D eigenvalue weighted by molar-refractivity contribution is 6.04. The molecule has 0 aliphatic rings. The Morgan fingerprint density at radius 2 is 1.69 bits per heavy atom. The molecule has 7 heteroatoms. The predicted molar refractivity (Wildman–Crippen MR) is 96.6 cm³/mol. The number of amides is 1. The highest BCUT2D eigenvalue weighted by Gasteiger charge is 2.08. The van der Waals surface area contributed by atoms with Gasteiger partial charge in [-0.1, -0.05) is 0 Å². The average molecular weight is 343 g/mol. The maximum atomic E-state index is 12.2. The molecule has 0 aliphatic heterocycles. The first-order chi connectivity index (χ1) is 12.7. The maximum Gasteiger partial charge on any atom is 0.255 e. The maximum absolute atomic E-state index is 12.2. The highest BCUT2D eigenvalue weighted by Crippen LogP contribution is 2.21. The Morgan fingerprint density at radius 3 is 2.46 bits per heavy atom. The third-order valence-corrected chi connectivity index (χ3v) is 3.76. The Bertz CT molecular complexity index is 1080. The van der Waals surface area contributed by atoms with E-state index in [1.165, 1.54) is 0 Å². The number of benzene rings is 1. The number of aromatic hydroxyl groups is 1. The molecule has 0 radical (unpaired) electrons. The molecule has 0 bridgehead atoms. The van der Waals surface area contributed by atoms with Crippen molar-refractivity contribution in [3.05, 3.63) is 72.8 Å². The van der Waals surface area contributed by atoms with Crippen molar-refractivity contribution in [2.24, 2.45) is 0 Å². The summed E-state index contributed by atoms with van der Waals surface area (Å²) >= 11 is 0. The molecule has 2 N–H and O–H groups in total. The molecule has 126 valence electrons. The van der Waals surface area contributed by atoms with Crippen LogP contribution in [0.2, 0.25) is 0 Å². The number of pyridine rings is 2. The number of rotatable bonds is 3. The number of anilines is 1. The standard InChI is InChI=1S/C19H13N5O2/c25-15-3-1-12(2-4-15)18-22-11-17-16(24-18)9-14(10-21-17)23-19(26)13-5-7-20-8-6-13/h1-11,25H,(H,23,26). The summed E-state index contributed by atoms with van der Waals surface area (Å²) in [5.41, 5.74) is 3.04. The van der Waals surface area contributed by atoms with E-state index in [9.17, 15) is 9.90 Å². The minimum absolute atomic E-state index is 0.178. The van der Waals surface area contributed by atoms with Gasteiger partial charge in [-0.2, -0.15) is 0 Å². The van der Waals surface area contributed by atoms with E-state index in [0.29, 0.717) is 28.1 Å². The van der Waals surface area contributed by atoms with Gasteiger partial charge in [0.2, 0.25) is 0 Å². The highest BCUT2D eigenvalue weighted by atomic mass is 16.3. The molecule has 3 heterocycles. The SMILES string of the molecule is O=C(Nc1cnc2cnc(-c3ccc(O)cc3)nc2c1)c1ccncc1. The molecule has 1 aromatic carbocycles. The number of carbonyl (C=O) groups is 1. The van der Waals surface area contributed by atoms with Crippen LogP contribution in [0.25, 0.3) is 22.4 Å². The second kappa shape index (κ2) is 6.56. The lowest BCUT2D eigenvalue weighted by Crippen LogP contribution is -2.12. The fraction of sp³-hybridized carbons (Fsp3) is 0. The molecule has 7 nitrogen and oxygen atoms in total. The van der Waals surface area contributed by atoms with Crippen molar-refractivity contribution in [3.8, 4) is 17.1 Å². The number of carbonyl (C=O) groups excluding carboxylic acids is 1. The molecule has 0 atom stereocenters. The molecule has 0 fully saturated rings. The number of nitrogens with zero attached hydrogens (tertiary/aromatic N) is 4. The molecule has 4 aromatic rings. The Morgan fingerprint density at radius 1 is 0.923 bits per heavy atom. The summed E-state index contributed by atoms with van der Waals surface area (Å²) in [7, 11) is 0. The minimum Gasteiger partial charge on any atom is -0.508 e. The fourth-order valence-electron chi connectivity index (χ4n) is 2.44. The lowest BCUT2D eigenvalue weighted by Gasteiger charge is -2.07. The van der Waals surface area contributed by atoms with Crippen LogP contribution >= 0.6 is 0 Å². The van der Waals surface area contributed by atoms with Gasteiger partial charge < -0.3 is 10.4 Å². The van der Waals surface area contributed by atoms with Crippen LogP contribution < -0.4 is 5.32 Å². The van der Waals surface area contributed by atoms with Crippen LogP contribution in [0.5, 0.6) is 5.75 Å². The summed E-state index contributed by atoms with van der Waals surface area (Å²) < 4.78 is 0. The van der Waals surface area contributed by atoms with Crippen LogP contribution in [0.3, 0.4) is 0 Å². The van der Waals surface area contributed by atoms with Gasteiger partial charge in [-0.25, -0.2) is 9.97 Å². The van der Waals surface area contributed by atoms with Gasteiger partial charge in [0.25, 0.3) is 5.91 Å². The van der Waals surface area contributed by atoms with Crippen LogP contribution in [0.15, 0.2) is 67.3 Å². The van der Waals surface area contributed by atoms with E-state index in [-0.39, 0.29) is 11.7 Å². The quantitative estimate of drug-likeness (QED) is 0.593. The lowest BCUT2D eigenvalue weighted by atomic mass is 10.2. The summed E-state index contributed by atoms with van der Waals surface area (Å²) in [6, 6.07) is 11.6. The third-order valence-electron chi connectivity index (χ3n) is 3.76. The van der Waals surface area contributed by atoms with Gasteiger partial charge in [0, 0.05) is 23.5 Å². The van der Waals surface area contributed by atoms with Crippen molar-refractivity contribution in [2.75, 3.05) is 5.32 Å². The smallest absolute Gasteiger partial charge is 0.255 e. The zero-order valence-electron chi connectivity index (χ0n) is 13.5. The zero-order chi connectivity index (χ0) is 17.9. The number of fused-ring (bicyclic) bond motifs is 1. The Labute approximate surface area is 148 Å². The molecule has 0 unspecified atom stereocenters. The molecule has 0 spiro atoms. The topological polar surface area (TPSA) is 101 Å². The second-order valence-electron chi connectivity index (χ2n) is 5.56. The van der Waals surface area contributed by atoms with E-state index in [4.69, 9.17) is 0 Å². The van der Waals surface area contributed by atoms with Crippen molar-refractivity contribution >= 4 is 22.6 Å². The van der Waals surface area contributed by atoms with Crippen LogP contribution in [0, 0.1) is 0 Å². The number of aromatic nitrogens is 4. The van der Waals surface area contributed by atoms with Gasteiger partial charge in [0.05, 0.1) is 23.6 Å². The first-order valence-corrected chi connectivity index (χ1v) is 7.83. The van der Waals surface area contributed by atoms with Crippen molar-refractivity contribution in [2.45, 2.75) is 0 Å². The molecule has 0 saturated carbocycles. The van der Waals surface area contributed by atoms with E-state index in [1.54, 1.807) is 67.3 Å². The number of nitrogens with one attached hydrogen (secondary N) is 1. The Kier molecular flexibility index (Phi) is 3.95. The Hall–Kier alpha value is -3.87. The average Bonchev–Trinajstić information content (AvgIpc) is 2.68. The lowest BCUT2D eigenvalue weighted by molar-refractivity contribution is 0.102. The van der Waals surface area contributed by atoms with Crippen LogP contribution in [-0.2, 0) is 0 Å². The fourth-order valence-corrected chi connectivity index (χ4v) is 2.44. The van der Waals surface area contributed by atoms with Gasteiger partial charge in [-0.3, -0.25) is 14.8 Å². The van der Waals surface area contributed by atoms with Gasteiger partial charge >= 0.3 is 0 Å². The third kappa shape index (κ3) is 3.18. The van der Waals surface area contributed by atoms with Crippen LogP contribution in [0.1, 0.15) is 10.4 Å². The van der Waals surface area contributed by atoms with Gasteiger partial charge in [0.15, 0.2) is 5.82 Å². The summed E-state index contributed by atoms with van der Waals surface area (Å²) in [4.78, 5) is 29.2. The number of hydrogen-bond acceptors (Lipinski definition) is 6. The number of phenols is 1. The van der Waals surface area contributed by atoms with Crippen molar-refractivity contribution in [1.82, 2.24) is 19.9 Å². The summed E-state index contributed by atoms with van der Waals surface area (Å²) in [6.45, 7) is 0. The summed E-state index contributed by atoms with van der Waals surface area (Å²) in [5, 5.41) is 12.2. The van der Waals surface area contributed by atoms with Crippen molar-refractivity contribution in [3.63, 3.8) is 0 Å². The normalized spacial score (nSPS) is 10.6. The molecular formula is C19H13N5O2. The second-order valence-corrected chi connectivity index (χ2v) is 5.56. The minimum atomic E-state index is -0.249. The van der Waals surface area contributed by atoms with Crippen molar-refractivity contribution in [1.29, 1.82) is 0 Å². The molecule has 1 amide bonds. The van der Waals surface area contributed by atoms with Gasteiger partial charge in [0.1, 0.15) is 11.3 Å². The van der Waals surface area contributed by atoms with E-state index >= 15 is 0 Å². The van der Waals surface area contributed by atoms with Crippen LogP contribution in [-0.4, -0.2) is 30.9 Å². The molecule has 0 saturated heterocycles. The van der Waals surface area contributed by atoms with E-state index in [2.05, 4.69) is 25.3 Å². The van der Waals surface area contributed by atoms with Crippen molar-refractivity contribution < 1.29 is 9.90 Å². The zero-order valence-corrected chi connectivity index (χ0v) is 13.5. The summed E-state index contributed by atoms with van der Waals surface area (Å²) in [5.74, 6) is 0.440. The van der Waals surface area contributed by atoms with Crippen LogP contribution in [0.4, 0.5) is 5.69 Å². The molecular weight excluding hydrogens is 330 g/mol. The number of phenolic OH excluding ortho intramolecular Hbond substituents is 1. The molecule has 26 heavy (non-hydrogen) atoms. The molecule has 4 rings (SSSR count). The summed E-state index contributed by atoms with van der Waals surface area (Å²) in [6.07, 6.45) is 6.30. The number of hydrogen-bond donors (Lipinski definition) is 2. The monoisotopic (exact) mass is 343 g/mol. The Balaban J connectivity index is 1.65. The first-order valence-electron chi connectivity index (χ1n) is 7.83. The van der Waals surface area contributed by atoms with Gasteiger partial charge in [-0.15, -0.1) is 0 Å². The predicted octanol–water partition coefficient (Wildman–Crippen LogP) is 3.04. The van der Waals surface area contributed by atoms with E-state index in [0.717, 1.165) is 5.56 Å². The van der Waals surface area contributed by atoms with E-state index < -0.39 is 0 Å².